The summed E-state index contributed by atoms with van der Waals surface area (Å²) in [5.41, 5.74) is 3.08. The molecule has 0 aliphatic carbocycles. The molecule has 0 radical (unpaired) electrons. The second kappa shape index (κ2) is 11.8. The molecule has 0 unspecified atom stereocenters. The fraction of sp³-hybridized carbons (Fsp3) is 0.296. The van der Waals surface area contributed by atoms with Gasteiger partial charge < -0.3 is 15.5 Å². The van der Waals surface area contributed by atoms with Gasteiger partial charge in [0.1, 0.15) is 0 Å². The molecule has 0 aliphatic heterocycles. The number of aliphatic carboxylic acids is 1. The van der Waals surface area contributed by atoms with Gasteiger partial charge in [-0.05, 0) is 73.7 Å². The molecule has 3 aromatic rings. The van der Waals surface area contributed by atoms with Crippen molar-refractivity contribution in [2.75, 3.05) is 6.54 Å². The number of hydrogen-bond acceptors (Lipinski definition) is 5. The summed E-state index contributed by atoms with van der Waals surface area (Å²) in [5, 5.41) is 23.3. The van der Waals surface area contributed by atoms with Gasteiger partial charge in [-0.2, -0.15) is 0 Å². The van der Waals surface area contributed by atoms with Gasteiger partial charge in [-0.15, -0.1) is 0 Å². The van der Waals surface area contributed by atoms with E-state index in [4.69, 9.17) is 16.7 Å². The Bertz CT molecular complexity index is 1270. The third-order valence-electron chi connectivity index (χ3n) is 5.78. The average molecular weight is 516 g/mol. The highest BCUT2D eigenvalue weighted by atomic mass is 35.5. The summed E-state index contributed by atoms with van der Waals surface area (Å²) in [6, 6.07) is 18.9. The van der Waals surface area contributed by atoms with E-state index in [1.807, 2.05) is 19.9 Å². The molecule has 186 valence electrons. The summed E-state index contributed by atoms with van der Waals surface area (Å²) in [7, 11) is -3.79. The Morgan fingerprint density at radius 1 is 1.06 bits per heavy atom. The molecular formula is C27H30ClNO5S. The molecule has 3 rings (SSSR count). The Balaban J connectivity index is 1.66. The molecule has 6 nitrogen and oxygen atoms in total. The van der Waals surface area contributed by atoms with Crippen LogP contribution in [0.2, 0.25) is 5.02 Å². The number of rotatable bonds is 11. The van der Waals surface area contributed by atoms with E-state index in [2.05, 4.69) is 5.32 Å². The van der Waals surface area contributed by atoms with Gasteiger partial charge in [0.15, 0.2) is 0 Å². The first-order valence-electron chi connectivity index (χ1n) is 11.4. The number of carboxylic acid groups (broad SMARTS) is 1. The minimum Gasteiger partial charge on any atom is -0.481 e. The van der Waals surface area contributed by atoms with E-state index < -0.39 is 21.9 Å². The van der Waals surface area contributed by atoms with Crippen LogP contribution >= 0.6 is 11.6 Å². The zero-order valence-corrected chi connectivity index (χ0v) is 21.3. The highest BCUT2D eigenvalue weighted by Crippen LogP contribution is 2.27. The van der Waals surface area contributed by atoms with E-state index in [9.17, 15) is 18.3 Å². The minimum atomic E-state index is -3.79. The predicted octanol–water partition coefficient (Wildman–Crippen LogP) is 4.75. The zero-order chi connectivity index (χ0) is 25.6. The number of aliphatic hydroxyl groups excluding tert-OH is 1. The lowest BCUT2D eigenvalue weighted by molar-refractivity contribution is -0.136. The molecule has 0 amide bonds. The Labute approximate surface area is 211 Å². The van der Waals surface area contributed by atoms with E-state index in [0.717, 1.165) is 16.7 Å². The molecular weight excluding hydrogens is 486 g/mol. The Hall–Kier alpha value is -2.71. The summed E-state index contributed by atoms with van der Waals surface area (Å²) in [6.07, 6.45) is -0.0272. The Morgan fingerprint density at radius 3 is 2.43 bits per heavy atom. The van der Waals surface area contributed by atoms with E-state index >= 15 is 0 Å². The number of halogens is 1. The van der Waals surface area contributed by atoms with Crippen LogP contribution in [0.4, 0.5) is 0 Å². The third-order valence-corrected chi connectivity index (χ3v) is 7.89. The van der Waals surface area contributed by atoms with Crippen LogP contribution in [0, 0.1) is 6.92 Å². The lowest BCUT2D eigenvalue weighted by atomic mass is 10.1. The molecule has 0 heterocycles. The standard InChI is InChI=1S/C27H30ClNO5S/c1-18-6-12-26(22(14-18)9-13-27(31)32)35(33,34)24-10-7-20(8-11-24)15-19(2)29-17-25(30)21-4-3-5-23(28)16-21/h3-8,10-12,14,16,19,25,29-30H,9,13,15,17H2,1-2H3,(H,31,32)/t19-,25-/m1/s1. The van der Waals surface area contributed by atoms with Gasteiger partial charge in [0.2, 0.25) is 9.84 Å². The van der Waals surface area contributed by atoms with Gasteiger partial charge in [0.25, 0.3) is 0 Å². The minimum absolute atomic E-state index is 0.0472. The number of aliphatic hydroxyl groups is 1. The first-order valence-corrected chi connectivity index (χ1v) is 13.2. The second-order valence-electron chi connectivity index (χ2n) is 8.74. The van der Waals surface area contributed by atoms with Crippen LogP contribution in [0.25, 0.3) is 0 Å². The van der Waals surface area contributed by atoms with Gasteiger partial charge in [0.05, 0.1) is 15.9 Å². The number of hydrogen-bond donors (Lipinski definition) is 3. The van der Waals surface area contributed by atoms with Gasteiger partial charge in [-0.1, -0.05) is 53.6 Å². The molecule has 0 spiro atoms. The number of aryl methyl sites for hydroxylation is 2. The first kappa shape index (κ1) is 26.9. The van der Waals surface area contributed by atoms with Crippen molar-refractivity contribution in [3.8, 4) is 0 Å². The summed E-state index contributed by atoms with van der Waals surface area (Å²) in [5.74, 6) is -0.970. The average Bonchev–Trinajstić information content (AvgIpc) is 2.81. The lowest BCUT2D eigenvalue weighted by Gasteiger charge is -2.18. The molecule has 2 atom stereocenters. The predicted molar refractivity (Wildman–Crippen MR) is 137 cm³/mol. The molecule has 35 heavy (non-hydrogen) atoms. The summed E-state index contributed by atoms with van der Waals surface area (Å²) >= 11 is 5.99. The van der Waals surface area contributed by atoms with Crippen molar-refractivity contribution in [2.24, 2.45) is 0 Å². The van der Waals surface area contributed by atoms with Crippen molar-refractivity contribution < 1.29 is 23.4 Å². The van der Waals surface area contributed by atoms with Gasteiger partial charge >= 0.3 is 5.97 Å². The van der Waals surface area contributed by atoms with Crippen LogP contribution in [-0.2, 0) is 27.5 Å². The number of carboxylic acids is 1. The van der Waals surface area contributed by atoms with Crippen LogP contribution in [0.15, 0.2) is 76.5 Å². The topological polar surface area (TPSA) is 104 Å². The number of nitrogens with one attached hydrogen (secondary N) is 1. The van der Waals surface area contributed by atoms with Crippen molar-refractivity contribution in [3.63, 3.8) is 0 Å². The molecule has 0 saturated carbocycles. The molecule has 0 bridgehead atoms. The quantitative estimate of drug-likeness (QED) is 0.340. The maximum atomic E-state index is 13.3. The van der Waals surface area contributed by atoms with E-state index in [1.165, 1.54) is 0 Å². The molecule has 0 aliphatic rings. The van der Waals surface area contributed by atoms with Crippen molar-refractivity contribution in [2.45, 2.75) is 55.0 Å². The van der Waals surface area contributed by atoms with Crippen LogP contribution in [0.3, 0.4) is 0 Å². The summed E-state index contributed by atoms with van der Waals surface area (Å²) in [6.45, 7) is 4.20. The first-order chi connectivity index (χ1) is 16.6. The summed E-state index contributed by atoms with van der Waals surface area (Å²) in [4.78, 5) is 11.3. The third kappa shape index (κ3) is 7.39. The van der Waals surface area contributed by atoms with Gasteiger partial charge in [0, 0.05) is 24.0 Å². The highest BCUT2D eigenvalue weighted by Gasteiger charge is 2.22. The highest BCUT2D eigenvalue weighted by molar-refractivity contribution is 7.91. The Kier molecular flexibility index (Phi) is 9.08. The molecule has 3 N–H and O–H groups in total. The van der Waals surface area contributed by atoms with Crippen LogP contribution in [0.5, 0.6) is 0 Å². The normalized spacial score (nSPS) is 13.4. The van der Waals surface area contributed by atoms with E-state index in [0.29, 0.717) is 23.6 Å². The van der Waals surface area contributed by atoms with E-state index in [-0.39, 0.29) is 28.7 Å². The maximum Gasteiger partial charge on any atom is 0.303 e. The molecule has 8 heteroatoms. The molecule has 0 saturated heterocycles. The molecule has 0 fully saturated rings. The number of carbonyl (C=O) groups is 1. The fourth-order valence-corrected chi connectivity index (χ4v) is 5.61. The zero-order valence-electron chi connectivity index (χ0n) is 19.7. The Morgan fingerprint density at radius 2 is 1.77 bits per heavy atom. The molecule has 3 aromatic carbocycles. The summed E-state index contributed by atoms with van der Waals surface area (Å²) < 4.78 is 26.6. The fourth-order valence-electron chi connectivity index (χ4n) is 3.91. The smallest absolute Gasteiger partial charge is 0.303 e. The monoisotopic (exact) mass is 515 g/mol. The largest absolute Gasteiger partial charge is 0.481 e. The van der Waals surface area contributed by atoms with Gasteiger partial charge in [-0.3, -0.25) is 4.79 Å². The van der Waals surface area contributed by atoms with Crippen molar-refractivity contribution >= 4 is 27.4 Å². The van der Waals surface area contributed by atoms with Crippen molar-refractivity contribution in [1.82, 2.24) is 5.32 Å². The van der Waals surface area contributed by atoms with Crippen LogP contribution in [0.1, 0.15) is 41.7 Å². The SMILES string of the molecule is Cc1ccc(S(=O)(=O)c2ccc(C[C@@H](C)NC[C@@H](O)c3cccc(Cl)c3)cc2)c(CCC(=O)O)c1. The molecule has 0 aromatic heterocycles. The van der Waals surface area contributed by atoms with Crippen LogP contribution < -0.4 is 5.32 Å². The van der Waals surface area contributed by atoms with Crippen LogP contribution in [-0.4, -0.2) is 37.2 Å². The second-order valence-corrected chi connectivity index (χ2v) is 11.1. The van der Waals surface area contributed by atoms with E-state index in [1.54, 1.807) is 60.7 Å². The van der Waals surface area contributed by atoms with Crippen molar-refractivity contribution in [3.05, 3.63) is 94.0 Å². The van der Waals surface area contributed by atoms with Crippen molar-refractivity contribution in [1.29, 1.82) is 0 Å². The number of sulfone groups is 1. The number of benzene rings is 3. The van der Waals surface area contributed by atoms with Gasteiger partial charge in [-0.25, -0.2) is 8.42 Å². The maximum absolute atomic E-state index is 13.3. The lowest BCUT2D eigenvalue weighted by Crippen LogP contribution is -2.32.